The normalized spacial score (nSPS) is 11.5. The zero-order valence-electron chi connectivity index (χ0n) is 10.5. The fourth-order valence-electron chi connectivity index (χ4n) is 2.88. The van der Waals surface area contributed by atoms with Crippen molar-refractivity contribution in [2.75, 3.05) is 0 Å². The van der Waals surface area contributed by atoms with Crippen LogP contribution in [-0.4, -0.2) is 0 Å². The van der Waals surface area contributed by atoms with Crippen LogP contribution in [0.4, 0.5) is 8.78 Å². The molecule has 0 heterocycles. The minimum Gasteiger partial charge on any atom is -0.206 e. The lowest BCUT2D eigenvalue weighted by molar-refractivity contribution is 0.639. The van der Waals surface area contributed by atoms with Crippen LogP contribution in [0.1, 0.15) is 0 Å². The molecule has 96 valence electrons. The molecule has 0 amide bonds. The highest BCUT2D eigenvalue weighted by atomic mass is 19.1. The third-order valence-electron chi connectivity index (χ3n) is 3.77. The standard InChI is InChI=1S/C18H10F2/c19-14-5-1-3-11-7-9-13-10-8-12-4-2-6-15(20)17(12)18(13)16(11)14/h1-10H. The van der Waals surface area contributed by atoms with Gasteiger partial charge in [-0.2, -0.15) is 0 Å². The highest BCUT2D eigenvalue weighted by molar-refractivity contribution is 6.20. The smallest absolute Gasteiger partial charge is 0.131 e. The van der Waals surface area contributed by atoms with Crippen LogP contribution >= 0.6 is 0 Å². The van der Waals surface area contributed by atoms with Crippen molar-refractivity contribution in [3.05, 3.63) is 72.3 Å². The molecule has 0 saturated carbocycles. The predicted molar refractivity (Wildman–Crippen MR) is 78.9 cm³/mol. The molecule has 4 aromatic rings. The fraction of sp³-hybridized carbons (Fsp3) is 0. The average molecular weight is 264 g/mol. The third-order valence-corrected chi connectivity index (χ3v) is 3.77. The molecular formula is C18H10F2. The largest absolute Gasteiger partial charge is 0.206 e. The van der Waals surface area contributed by atoms with E-state index in [0.717, 1.165) is 16.2 Å². The van der Waals surface area contributed by atoms with E-state index in [4.69, 9.17) is 0 Å². The van der Waals surface area contributed by atoms with Crippen LogP contribution < -0.4 is 0 Å². The summed E-state index contributed by atoms with van der Waals surface area (Å²) in [5.74, 6) is -0.632. The van der Waals surface area contributed by atoms with Crippen LogP contribution in [0.3, 0.4) is 0 Å². The highest BCUT2D eigenvalue weighted by Gasteiger charge is 2.11. The van der Waals surface area contributed by atoms with Crippen LogP contribution in [-0.2, 0) is 0 Å². The Bertz CT molecular complexity index is 894. The summed E-state index contributed by atoms with van der Waals surface area (Å²) in [5.41, 5.74) is 0. The number of fused-ring (bicyclic) bond motifs is 5. The van der Waals surface area contributed by atoms with Gasteiger partial charge in [0.05, 0.1) is 0 Å². The van der Waals surface area contributed by atoms with E-state index in [1.54, 1.807) is 12.1 Å². The van der Waals surface area contributed by atoms with Crippen LogP contribution in [0.25, 0.3) is 32.3 Å². The van der Waals surface area contributed by atoms with Gasteiger partial charge < -0.3 is 0 Å². The summed E-state index contributed by atoms with van der Waals surface area (Å²) in [5, 5.41) is 4.04. The van der Waals surface area contributed by atoms with Gasteiger partial charge >= 0.3 is 0 Å². The van der Waals surface area contributed by atoms with Crippen molar-refractivity contribution in [3.8, 4) is 0 Å². The molecule has 0 atom stereocenters. The molecule has 0 bridgehead atoms. The first kappa shape index (κ1) is 11.4. The van der Waals surface area contributed by atoms with E-state index in [0.29, 0.717) is 16.2 Å². The Morgan fingerprint density at radius 2 is 0.850 bits per heavy atom. The minimum absolute atomic E-state index is 0.316. The second-order valence-corrected chi connectivity index (χ2v) is 4.91. The van der Waals surface area contributed by atoms with Crippen molar-refractivity contribution in [2.24, 2.45) is 0 Å². The summed E-state index contributed by atoms with van der Waals surface area (Å²) in [6.07, 6.45) is 0. The summed E-state index contributed by atoms with van der Waals surface area (Å²) in [6, 6.07) is 17.4. The van der Waals surface area contributed by atoms with Crippen molar-refractivity contribution in [1.29, 1.82) is 0 Å². The van der Waals surface area contributed by atoms with Crippen LogP contribution in [0, 0.1) is 11.6 Å². The summed E-state index contributed by atoms with van der Waals surface area (Å²) < 4.78 is 28.5. The number of rotatable bonds is 0. The Morgan fingerprint density at radius 3 is 1.30 bits per heavy atom. The molecule has 0 unspecified atom stereocenters. The first-order chi connectivity index (χ1) is 9.75. The van der Waals surface area contributed by atoms with Gasteiger partial charge in [-0.25, -0.2) is 8.78 Å². The lowest BCUT2D eigenvalue weighted by Crippen LogP contribution is -1.87. The molecule has 20 heavy (non-hydrogen) atoms. The monoisotopic (exact) mass is 264 g/mol. The fourth-order valence-corrected chi connectivity index (χ4v) is 2.88. The first-order valence-corrected chi connectivity index (χ1v) is 6.44. The summed E-state index contributed by atoms with van der Waals surface area (Å²) in [4.78, 5) is 0. The van der Waals surface area contributed by atoms with Crippen molar-refractivity contribution in [2.45, 2.75) is 0 Å². The topological polar surface area (TPSA) is 0 Å². The molecule has 0 aliphatic rings. The molecule has 4 rings (SSSR count). The van der Waals surface area contributed by atoms with Crippen LogP contribution in [0.15, 0.2) is 60.7 Å². The van der Waals surface area contributed by atoms with E-state index in [2.05, 4.69) is 0 Å². The highest BCUT2D eigenvalue weighted by Crippen LogP contribution is 2.34. The molecule has 0 aromatic heterocycles. The maximum absolute atomic E-state index is 14.3. The average Bonchev–Trinajstić information content (AvgIpc) is 2.47. The quantitative estimate of drug-likeness (QED) is 0.372. The zero-order chi connectivity index (χ0) is 13.7. The van der Waals surface area contributed by atoms with E-state index in [-0.39, 0.29) is 11.6 Å². The van der Waals surface area contributed by atoms with E-state index < -0.39 is 0 Å². The van der Waals surface area contributed by atoms with Gasteiger partial charge in [0, 0.05) is 16.2 Å². The molecule has 0 fully saturated rings. The van der Waals surface area contributed by atoms with E-state index in [1.807, 2.05) is 36.4 Å². The van der Waals surface area contributed by atoms with Crippen LogP contribution in [0.5, 0.6) is 0 Å². The second kappa shape index (κ2) is 4.01. The number of hydrogen-bond acceptors (Lipinski definition) is 0. The van der Waals surface area contributed by atoms with Gasteiger partial charge in [-0.15, -0.1) is 0 Å². The van der Waals surface area contributed by atoms with Gasteiger partial charge in [-0.05, 0) is 28.3 Å². The minimum atomic E-state index is -0.316. The maximum atomic E-state index is 14.3. The lowest BCUT2D eigenvalue weighted by atomic mass is 9.96. The van der Waals surface area contributed by atoms with Crippen molar-refractivity contribution in [3.63, 3.8) is 0 Å². The molecular weight excluding hydrogens is 254 g/mol. The van der Waals surface area contributed by atoms with E-state index >= 15 is 0 Å². The lowest BCUT2D eigenvalue weighted by Gasteiger charge is -2.09. The van der Waals surface area contributed by atoms with Gasteiger partial charge in [-0.1, -0.05) is 48.5 Å². The molecule has 0 nitrogen and oxygen atoms in total. The Morgan fingerprint density at radius 1 is 0.450 bits per heavy atom. The second-order valence-electron chi connectivity index (χ2n) is 4.91. The van der Waals surface area contributed by atoms with Gasteiger partial charge in [0.1, 0.15) is 11.6 Å². The molecule has 0 aliphatic heterocycles. The van der Waals surface area contributed by atoms with Gasteiger partial charge in [-0.3, -0.25) is 0 Å². The van der Waals surface area contributed by atoms with Crippen molar-refractivity contribution in [1.82, 2.24) is 0 Å². The van der Waals surface area contributed by atoms with Crippen LogP contribution in [0.2, 0.25) is 0 Å². The zero-order valence-corrected chi connectivity index (χ0v) is 10.5. The third kappa shape index (κ3) is 1.45. The van der Waals surface area contributed by atoms with Gasteiger partial charge in [0.25, 0.3) is 0 Å². The number of hydrogen-bond donors (Lipinski definition) is 0. The molecule has 4 aromatic carbocycles. The van der Waals surface area contributed by atoms with Crippen molar-refractivity contribution < 1.29 is 8.78 Å². The van der Waals surface area contributed by atoms with Gasteiger partial charge in [0.2, 0.25) is 0 Å². The summed E-state index contributed by atoms with van der Waals surface area (Å²) in [6.45, 7) is 0. The Balaban J connectivity index is 2.43. The number of halogens is 2. The first-order valence-electron chi connectivity index (χ1n) is 6.44. The SMILES string of the molecule is Fc1cccc2ccc3ccc4cccc(F)c4c3c12. The maximum Gasteiger partial charge on any atom is 0.131 e. The summed E-state index contributed by atoms with van der Waals surface area (Å²) in [7, 11) is 0. The Labute approximate surface area is 114 Å². The molecule has 0 saturated heterocycles. The molecule has 0 spiro atoms. The Kier molecular flexibility index (Phi) is 2.27. The van der Waals surface area contributed by atoms with Gasteiger partial charge in [0.15, 0.2) is 0 Å². The number of benzene rings is 4. The Hall–Kier alpha value is -2.48. The van der Waals surface area contributed by atoms with E-state index in [1.165, 1.54) is 12.1 Å². The molecule has 2 heteroatoms. The molecule has 0 N–H and O–H groups in total. The molecule has 0 aliphatic carbocycles. The predicted octanol–water partition coefficient (Wildman–Crippen LogP) is 5.42. The van der Waals surface area contributed by atoms with E-state index in [9.17, 15) is 8.78 Å². The summed E-state index contributed by atoms with van der Waals surface area (Å²) >= 11 is 0. The molecule has 0 radical (unpaired) electrons. The van der Waals surface area contributed by atoms with Crippen molar-refractivity contribution >= 4 is 32.3 Å².